The first-order valence-corrected chi connectivity index (χ1v) is 2.04. The van der Waals surface area contributed by atoms with Gasteiger partial charge in [0.05, 0.1) is 6.54 Å². The number of hydrogen-bond acceptors (Lipinski definition) is 2. The molecule has 0 aromatic carbocycles. The van der Waals surface area contributed by atoms with E-state index in [1.807, 2.05) is 25.1 Å². The molecular formula is C5H9NO. The Morgan fingerprint density at radius 1 is 1.57 bits per heavy atom. The van der Waals surface area contributed by atoms with Crippen LogP contribution in [0.15, 0.2) is 0 Å². The Bertz CT molecular complexity index is 88.0. The Morgan fingerprint density at radius 3 is 2.29 bits per heavy atom. The lowest BCUT2D eigenvalue weighted by Gasteiger charge is -1.99. The topological polar surface area (TPSA) is 23.5 Å². The molecule has 2 heteroatoms. The van der Waals surface area contributed by atoms with E-state index in [2.05, 4.69) is 5.92 Å². The minimum Gasteiger partial charge on any atom is -0.462 e. The Hall–Kier alpha value is -0.680. The zero-order chi connectivity index (χ0) is 5.70. The summed E-state index contributed by atoms with van der Waals surface area (Å²) < 4.78 is 0. The van der Waals surface area contributed by atoms with Gasteiger partial charge in [-0.2, -0.15) is 0 Å². The second-order valence-corrected chi connectivity index (χ2v) is 1.53. The molecule has 0 atom stereocenters. The summed E-state index contributed by atoms with van der Waals surface area (Å²) in [7, 11) is 3.79. The van der Waals surface area contributed by atoms with Gasteiger partial charge in [-0.3, -0.25) is 4.90 Å². The summed E-state index contributed by atoms with van der Waals surface area (Å²) in [6.45, 7) is 0.622. The first-order valence-electron chi connectivity index (χ1n) is 2.04. The molecule has 0 saturated carbocycles. The minimum atomic E-state index is 0.622. The SMILES string of the molecule is CN(C)CC#CO. The van der Waals surface area contributed by atoms with E-state index < -0.39 is 0 Å². The van der Waals surface area contributed by atoms with Crippen LogP contribution in [0, 0.1) is 12.0 Å². The zero-order valence-corrected chi connectivity index (χ0v) is 4.60. The van der Waals surface area contributed by atoms with Crippen LogP contribution in [0.2, 0.25) is 0 Å². The van der Waals surface area contributed by atoms with Gasteiger partial charge in [0.1, 0.15) is 6.11 Å². The number of aliphatic hydroxyl groups excluding tert-OH is 1. The first kappa shape index (κ1) is 6.32. The number of aliphatic hydroxyl groups is 1. The van der Waals surface area contributed by atoms with Gasteiger partial charge >= 0.3 is 0 Å². The summed E-state index contributed by atoms with van der Waals surface area (Å²) in [5.74, 6) is 2.48. The smallest absolute Gasteiger partial charge is 0.108 e. The highest BCUT2D eigenvalue weighted by atomic mass is 16.2. The second-order valence-electron chi connectivity index (χ2n) is 1.53. The molecule has 7 heavy (non-hydrogen) atoms. The van der Waals surface area contributed by atoms with Crippen LogP contribution in [-0.4, -0.2) is 30.6 Å². The fourth-order valence-corrected chi connectivity index (χ4v) is 0.193. The van der Waals surface area contributed by atoms with Crippen molar-refractivity contribution in [2.75, 3.05) is 20.6 Å². The van der Waals surface area contributed by atoms with Crippen molar-refractivity contribution in [3.63, 3.8) is 0 Å². The number of rotatable bonds is 1. The number of nitrogens with zero attached hydrogens (tertiary/aromatic N) is 1. The molecule has 0 aliphatic carbocycles. The van der Waals surface area contributed by atoms with Crippen LogP contribution in [0.5, 0.6) is 0 Å². The molecule has 0 heterocycles. The molecule has 1 N–H and O–H groups in total. The molecule has 40 valence electrons. The fourth-order valence-electron chi connectivity index (χ4n) is 0.193. The van der Waals surface area contributed by atoms with Gasteiger partial charge in [-0.1, -0.05) is 0 Å². The lowest BCUT2D eigenvalue weighted by atomic mass is 10.6. The molecule has 0 saturated heterocycles. The van der Waals surface area contributed by atoms with E-state index in [0.717, 1.165) is 0 Å². The lowest BCUT2D eigenvalue weighted by Crippen LogP contribution is -2.10. The average Bonchev–Trinajstić information content (AvgIpc) is 1.61. The maximum Gasteiger partial charge on any atom is 0.108 e. The maximum absolute atomic E-state index is 7.93. The number of hydrogen-bond donors (Lipinski definition) is 1. The maximum atomic E-state index is 7.93. The van der Waals surface area contributed by atoms with Crippen LogP contribution in [-0.2, 0) is 0 Å². The predicted molar refractivity (Wildman–Crippen MR) is 28.3 cm³/mol. The predicted octanol–water partition coefficient (Wildman–Crippen LogP) is -0.119. The largest absolute Gasteiger partial charge is 0.462 e. The monoisotopic (exact) mass is 99.1 g/mol. The van der Waals surface area contributed by atoms with E-state index in [-0.39, 0.29) is 0 Å². The van der Waals surface area contributed by atoms with E-state index in [4.69, 9.17) is 5.11 Å². The van der Waals surface area contributed by atoms with Gasteiger partial charge in [0.2, 0.25) is 0 Å². The first-order chi connectivity index (χ1) is 3.27. The van der Waals surface area contributed by atoms with E-state index in [0.29, 0.717) is 6.54 Å². The molecule has 0 aliphatic heterocycles. The van der Waals surface area contributed by atoms with Crippen molar-refractivity contribution in [2.45, 2.75) is 0 Å². The standard InChI is InChI=1S/C5H9NO/c1-6(2)4-3-5-7/h7H,4H2,1-2H3. The molecule has 0 unspecified atom stereocenters. The Labute approximate surface area is 43.8 Å². The summed E-state index contributed by atoms with van der Waals surface area (Å²) in [5.41, 5.74) is 0. The van der Waals surface area contributed by atoms with Crippen LogP contribution in [0.4, 0.5) is 0 Å². The second kappa shape index (κ2) is 3.51. The zero-order valence-electron chi connectivity index (χ0n) is 4.60. The minimum absolute atomic E-state index is 0.622. The summed E-state index contributed by atoms with van der Waals surface area (Å²) in [6.07, 6.45) is 1.81. The molecule has 0 aromatic rings. The van der Waals surface area contributed by atoms with Crippen LogP contribution in [0.3, 0.4) is 0 Å². The highest BCUT2D eigenvalue weighted by Gasteiger charge is 1.77. The third-order valence-corrected chi connectivity index (χ3v) is 0.474. The quantitative estimate of drug-likeness (QED) is 0.463. The summed E-state index contributed by atoms with van der Waals surface area (Å²) in [5, 5.41) is 7.93. The van der Waals surface area contributed by atoms with Gasteiger partial charge < -0.3 is 5.11 Å². The highest BCUT2D eigenvalue weighted by molar-refractivity contribution is 4.91. The van der Waals surface area contributed by atoms with Crippen molar-refractivity contribution in [1.82, 2.24) is 4.90 Å². The van der Waals surface area contributed by atoms with Gasteiger partial charge in [0.25, 0.3) is 0 Å². The molecule has 0 fully saturated rings. The van der Waals surface area contributed by atoms with E-state index >= 15 is 0 Å². The van der Waals surface area contributed by atoms with Crippen LogP contribution in [0.1, 0.15) is 0 Å². The van der Waals surface area contributed by atoms with Crippen molar-refractivity contribution in [3.05, 3.63) is 0 Å². The Balaban J connectivity index is 3.08. The van der Waals surface area contributed by atoms with Gasteiger partial charge in [0, 0.05) is 0 Å². The normalized spacial score (nSPS) is 7.86. The third-order valence-electron chi connectivity index (χ3n) is 0.474. The van der Waals surface area contributed by atoms with E-state index in [9.17, 15) is 0 Å². The van der Waals surface area contributed by atoms with Gasteiger partial charge in [-0.15, -0.1) is 0 Å². The molecule has 0 amide bonds. The van der Waals surface area contributed by atoms with Gasteiger partial charge in [-0.05, 0) is 20.0 Å². The highest BCUT2D eigenvalue weighted by Crippen LogP contribution is 1.66. The van der Waals surface area contributed by atoms with Crippen molar-refractivity contribution < 1.29 is 5.11 Å². The van der Waals surface area contributed by atoms with Crippen molar-refractivity contribution in [2.24, 2.45) is 0 Å². The molecule has 0 aromatic heterocycles. The van der Waals surface area contributed by atoms with Gasteiger partial charge in [-0.25, -0.2) is 0 Å². The molecule has 0 radical (unpaired) electrons. The molecule has 0 aliphatic rings. The Kier molecular flexibility index (Phi) is 3.17. The molecule has 0 rings (SSSR count). The molecule has 0 bridgehead atoms. The fraction of sp³-hybridized carbons (Fsp3) is 0.600. The Morgan fingerprint density at radius 2 is 2.14 bits per heavy atom. The van der Waals surface area contributed by atoms with Crippen LogP contribution < -0.4 is 0 Å². The lowest BCUT2D eigenvalue weighted by molar-refractivity contribution is 0.458. The van der Waals surface area contributed by atoms with Crippen molar-refractivity contribution in [3.8, 4) is 12.0 Å². The summed E-state index contributed by atoms with van der Waals surface area (Å²) in [6, 6.07) is 0. The summed E-state index contributed by atoms with van der Waals surface area (Å²) in [4.78, 5) is 1.88. The van der Waals surface area contributed by atoms with Gasteiger partial charge in [0.15, 0.2) is 0 Å². The van der Waals surface area contributed by atoms with E-state index in [1.54, 1.807) is 0 Å². The third kappa shape index (κ3) is 5.32. The molecule has 0 spiro atoms. The van der Waals surface area contributed by atoms with E-state index in [1.165, 1.54) is 0 Å². The van der Waals surface area contributed by atoms with Crippen LogP contribution >= 0.6 is 0 Å². The van der Waals surface area contributed by atoms with Crippen molar-refractivity contribution in [1.29, 1.82) is 0 Å². The molecule has 2 nitrogen and oxygen atoms in total. The molecular weight excluding hydrogens is 90.1 g/mol. The summed E-state index contributed by atoms with van der Waals surface area (Å²) >= 11 is 0. The van der Waals surface area contributed by atoms with Crippen molar-refractivity contribution >= 4 is 0 Å². The average molecular weight is 99.1 g/mol. The van der Waals surface area contributed by atoms with Crippen LogP contribution in [0.25, 0.3) is 0 Å².